The van der Waals surface area contributed by atoms with E-state index >= 15 is 0 Å². The Labute approximate surface area is 125 Å². The van der Waals surface area contributed by atoms with Gasteiger partial charge >= 0.3 is 0 Å². The average Bonchev–Trinajstić information content (AvgIpc) is 2.40. The number of hydrogen-bond donors (Lipinski definition) is 0. The predicted molar refractivity (Wildman–Crippen MR) is 79.1 cm³/mol. The highest BCUT2D eigenvalue weighted by Crippen LogP contribution is 2.26. The molecule has 0 radical (unpaired) electrons. The van der Waals surface area contributed by atoms with Crippen molar-refractivity contribution in [3.8, 4) is 0 Å². The Balaban J connectivity index is 2.14. The number of hydrogen-bond acceptors (Lipinski definition) is 3. The molecule has 1 unspecified atom stereocenters. The van der Waals surface area contributed by atoms with Gasteiger partial charge in [0.05, 0.1) is 18.3 Å². The summed E-state index contributed by atoms with van der Waals surface area (Å²) in [4.78, 5) is 18.4. The van der Waals surface area contributed by atoms with Crippen LogP contribution in [0.5, 0.6) is 0 Å². The lowest BCUT2D eigenvalue weighted by Gasteiger charge is -2.39. The number of nitrogens with zero attached hydrogens (tertiary/aromatic N) is 2. The van der Waals surface area contributed by atoms with Gasteiger partial charge in [-0.3, -0.25) is 4.79 Å². The van der Waals surface area contributed by atoms with E-state index in [-0.39, 0.29) is 17.4 Å². The summed E-state index contributed by atoms with van der Waals surface area (Å²) >= 11 is 5.90. The third-order valence-corrected chi connectivity index (χ3v) is 3.98. The summed E-state index contributed by atoms with van der Waals surface area (Å²) in [5.41, 5.74) is 1.42. The zero-order valence-electron chi connectivity index (χ0n) is 12.4. The normalized spacial score (nSPS) is 20.1. The van der Waals surface area contributed by atoms with Gasteiger partial charge in [0.2, 0.25) is 0 Å². The van der Waals surface area contributed by atoms with Gasteiger partial charge in [0.25, 0.3) is 5.91 Å². The molecule has 1 saturated heterocycles. The second-order valence-corrected chi connectivity index (χ2v) is 6.67. The quantitative estimate of drug-likeness (QED) is 0.748. The molecule has 1 atom stereocenters. The molecule has 0 N–H and O–H groups in total. The number of aryl methyl sites for hydroxylation is 1. The van der Waals surface area contributed by atoms with Crippen LogP contribution in [0.15, 0.2) is 12.3 Å². The molecular formula is C15H21ClN2O2. The largest absolute Gasteiger partial charge is 0.374 e. The Morgan fingerprint density at radius 2 is 2.20 bits per heavy atom. The van der Waals surface area contributed by atoms with Gasteiger partial charge in [-0.25, -0.2) is 4.98 Å². The first kappa shape index (κ1) is 15.3. The Morgan fingerprint density at radius 3 is 2.80 bits per heavy atom. The van der Waals surface area contributed by atoms with Crippen LogP contribution in [-0.2, 0) is 4.74 Å². The molecule has 1 aromatic rings. The molecule has 1 aromatic heterocycles. The highest BCUT2D eigenvalue weighted by atomic mass is 35.5. The third-order valence-electron chi connectivity index (χ3n) is 3.58. The lowest BCUT2D eigenvalue weighted by atomic mass is 9.88. The van der Waals surface area contributed by atoms with Gasteiger partial charge in [0.15, 0.2) is 0 Å². The molecule has 1 aliphatic rings. The van der Waals surface area contributed by atoms with Crippen molar-refractivity contribution >= 4 is 17.5 Å². The summed E-state index contributed by atoms with van der Waals surface area (Å²) in [6, 6.07) is 1.79. The molecule has 0 spiro atoms. The highest BCUT2D eigenvalue weighted by molar-refractivity contribution is 6.30. The monoisotopic (exact) mass is 296 g/mol. The second kappa shape index (κ2) is 5.70. The van der Waals surface area contributed by atoms with Crippen LogP contribution in [0.3, 0.4) is 0 Å². The number of ether oxygens (including phenoxy) is 1. The Kier molecular flexibility index (Phi) is 4.35. The van der Waals surface area contributed by atoms with Crippen LogP contribution in [-0.4, -0.2) is 41.6 Å². The number of morpholine rings is 1. The first-order valence-electron chi connectivity index (χ1n) is 6.82. The average molecular weight is 297 g/mol. The van der Waals surface area contributed by atoms with Gasteiger partial charge in [0.1, 0.15) is 5.15 Å². The van der Waals surface area contributed by atoms with Crippen molar-refractivity contribution in [1.82, 2.24) is 9.88 Å². The fraction of sp³-hybridized carbons (Fsp3) is 0.600. The van der Waals surface area contributed by atoms with Crippen LogP contribution < -0.4 is 0 Å². The van der Waals surface area contributed by atoms with Gasteiger partial charge in [-0.2, -0.15) is 0 Å². The maximum Gasteiger partial charge on any atom is 0.255 e. The number of carbonyl (C=O) groups excluding carboxylic acids is 1. The molecule has 2 heterocycles. The molecule has 0 bridgehead atoms. The minimum atomic E-state index is -0.00480. The lowest BCUT2D eigenvalue weighted by molar-refractivity contribution is -0.0706. The first-order chi connectivity index (χ1) is 9.29. The molecule has 0 aromatic carbocycles. The SMILES string of the molecule is Cc1cc(C(=O)N2CCOC(C(C)(C)C)C2)cnc1Cl. The topological polar surface area (TPSA) is 42.4 Å². The number of amides is 1. The molecule has 110 valence electrons. The summed E-state index contributed by atoms with van der Waals surface area (Å²) < 4.78 is 5.77. The molecule has 0 saturated carbocycles. The van der Waals surface area contributed by atoms with E-state index in [9.17, 15) is 4.79 Å². The van der Waals surface area contributed by atoms with E-state index in [1.807, 2.05) is 11.8 Å². The van der Waals surface area contributed by atoms with E-state index in [0.29, 0.717) is 30.4 Å². The fourth-order valence-electron chi connectivity index (χ4n) is 2.22. The standard InChI is InChI=1S/C15H21ClN2O2/c1-10-7-11(8-17-13(10)16)14(19)18-5-6-20-12(9-18)15(2,3)4/h7-8,12H,5-6,9H2,1-4H3. The van der Waals surface area contributed by atoms with Gasteiger partial charge < -0.3 is 9.64 Å². The van der Waals surface area contributed by atoms with Crippen molar-refractivity contribution in [2.75, 3.05) is 19.7 Å². The van der Waals surface area contributed by atoms with Crippen molar-refractivity contribution in [1.29, 1.82) is 0 Å². The molecule has 4 nitrogen and oxygen atoms in total. The smallest absolute Gasteiger partial charge is 0.255 e. The number of rotatable bonds is 1. The maximum atomic E-state index is 12.5. The summed E-state index contributed by atoms with van der Waals surface area (Å²) in [6.45, 7) is 10.0. The van der Waals surface area contributed by atoms with Crippen LogP contribution in [0.2, 0.25) is 5.15 Å². The van der Waals surface area contributed by atoms with Crippen molar-refractivity contribution in [3.63, 3.8) is 0 Å². The lowest BCUT2D eigenvalue weighted by Crippen LogP contribution is -2.50. The highest BCUT2D eigenvalue weighted by Gasteiger charge is 2.32. The van der Waals surface area contributed by atoms with E-state index in [0.717, 1.165) is 5.56 Å². The molecule has 5 heteroatoms. The Hall–Kier alpha value is -1.13. The van der Waals surface area contributed by atoms with E-state index in [1.165, 1.54) is 0 Å². The van der Waals surface area contributed by atoms with E-state index in [4.69, 9.17) is 16.3 Å². The minimum Gasteiger partial charge on any atom is -0.374 e. The van der Waals surface area contributed by atoms with Crippen molar-refractivity contribution in [3.05, 3.63) is 28.5 Å². The van der Waals surface area contributed by atoms with E-state index in [2.05, 4.69) is 25.8 Å². The molecule has 20 heavy (non-hydrogen) atoms. The van der Waals surface area contributed by atoms with Gasteiger partial charge in [0, 0.05) is 19.3 Å². The Morgan fingerprint density at radius 1 is 1.50 bits per heavy atom. The summed E-state index contributed by atoms with van der Waals surface area (Å²) in [7, 11) is 0. The molecule has 1 amide bonds. The van der Waals surface area contributed by atoms with Crippen LogP contribution in [0.4, 0.5) is 0 Å². The summed E-state index contributed by atoms with van der Waals surface area (Å²) in [6.07, 6.45) is 1.60. The molecule has 1 aliphatic heterocycles. The second-order valence-electron chi connectivity index (χ2n) is 6.31. The third kappa shape index (κ3) is 3.30. The number of halogens is 1. The molecule has 2 rings (SSSR count). The van der Waals surface area contributed by atoms with E-state index < -0.39 is 0 Å². The van der Waals surface area contributed by atoms with Crippen molar-refractivity contribution < 1.29 is 9.53 Å². The molecule has 0 aliphatic carbocycles. The fourth-order valence-corrected chi connectivity index (χ4v) is 2.32. The van der Waals surface area contributed by atoms with E-state index in [1.54, 1.807) is 12.3 Å². The van der Waals surface area contributed by atoms with Crippen LogP contribution in [0, 0.1) is 12.3 Å². The zero-order valence-corrected chi connectivity index (χ0v) is 13.2. The van der Waals surface area contributed by atoms with Crippen LogP contribution in [0.25, 0.3) is 0 Å². The summed E-state index contributed by atoms with van der Waals surface area (Å²) in [5, 5.41) is 0.441. The van der Waals surface area contributed by atoms with Gasteiger partial charge in [-0.15, -0.1) is 0 Å². The van der Waals surface area contributed by atoms with Crippen LogP contribution in [0.1, 0.15) is 36.7 Å². The number of pyridine rings is 1. The van der Waals surface area contributed by atoms with Gasteiger partial charge in [-0.05, 0) is 24.0 Å². The predicted octanol–water partition coefficient (Wildman–Crippen LogP) is 2.93. The van der Waals surface area contributed by atoms with Crippen molar-refractivity contribution in [2.45, 2.75) is 33.8 Å². The van der Waals surface area contributed by atoms with Gasteiger partial charge in [-0.1, -0.05) is 32.4 Å². The molecule has 1 fully saturated rings. The zero-order chi connectivity index (χ0) is 14.9. The number of aromatic nitrogens is 1. The van der Waals surface area contributed by atoms with Crippen LogP contribution >= 0.6 is 11.6 Å². The first-order valence-corrected chi connectivity index (χ1v) is 7.20. The number of carbonyl (C=O) groups is 1. The maximum absolute atomic E-state index is 12.5. The minimum absolute atomic E-state index is 0.00480. The Bertz CT molecular complexity index is 511. The van der Waals surface area contributed by atoms with Crippen molar-refractivity contribution in [2.24, 2.45) is 5.41 Å². The summed E-state index contributed by atoms with van der Waals surface area (Å²) in [5.74, 6) is -0.00480. The molecular weight excluding hydrogens is 276 g/mol.